The monoisotopic (exact) mass is 485 g/mol. The predicted molar refractivity (Wildman–Crippen MR) is 134 cm³/mol. The van der Waals surface area contributed by atoms with Gasteiger partial charge in [0.05, 0.1) is 12.1 Å². The summed E-state index contributed by atoms with van der Waals surface area (Å²) in [4.78, 5) is 37.8. The number of nitrogens with one attached hydrogen (secondary N) is 1. The molecule has 1 fully saturated rings. The minimum absolute atomic E-state index is 0.0214. The summed E-state index contributed by atoms with van der Waals surface area (Å²) in [7, 11) is 0. The van der Waals surface area contributed by atoms with E-state index in [0.29, 0.717) is 25.6 Å². The molecular weight excluding hydrogens is 446 g/mol. The Labute approximate surface area is 208 Å². The Morgan fingerprint density at radius 1 is 1.03 bits per heavy atom. The summed E-state index contributed by atoms with van der Waals surface area (Å²) in [6.07, 6.45) is 0.880. The number of ether oxygens (including phenoxy) is 1. The number of carbonyl (C=O) groups is 2. The van der Waals surface area contributed by atoms with Gasteiger partial charge in [0.1, 0.15) is 5.60 Å². The molecule has 1 N–H and O–H groups in total. The highest BCUT2D eigenvalue weighted by molar-refractivity contribution is 5.79. The zero-order chi connectivity index (χ0) is 25.8. The maximum atomic E-state index is 12.6. The van der Waals surface area contributed by atoms with E-state index < -0.39 is 5.60 Å². The van der Waals surface area contributed by atoms with Crippen LogP contribution in [0.5, 0.6) is 0 Å². The van der Waals surface area contributed by atoms with Gasteiger partial charge >= 0.3 is 6.09 Å². The molecule has 3 rings (SSSR count). The van der Waals surface area contributed by atoms with Gasteiger partial charge in [-0.25, -0.2) is 19.4 Å². The second-order valence-corrected chi connectivity index (χ2v) is 10.2. The van der Waals surface area contributed by atoms with E-state index in [-0.39, 0.29) is 18.4 Å². The quantitative estimate of drug-likeness (QED) is 0.601. The summed E-state index contributed by atoms with van der Waals surface area (Å²) in [5, 5.41) is 7.61. The maximum Gasteiger partial charge on any atom is 0.410 e. The summed E-state index contributed by atoms with van der Waals surface area (Å²) >= 11 is 0. The second-order valence-electron chi connectivity index (χ2n) is 10.2. The molecule has 0 spiro atoms. The van der Waals surface area contributed by atoms with Crippen molar-refractivity contribution < 1.29 is 14.3 Å². The zero-order valence-corrected chi connectivity index (χ0v) is 22.1. The Bertz CT molecular complexity index is 1030. The van der Waals surface area contributed by atoms with Gasteiger partial charge in [0.2, 0.25) is 5.91 Å². The molecule has 2 amide bonds. The van der Waals surface area contributed by atoms with E-state index in [1.54, 1.807) is 9.58 Å². The van der Waals surface area contributed by atoms with Crippen LogP contribution in [0.4, 0.5) is 4.79 Å². The van der Waals surface area contributed by atoms with E-state index in [4.69, 9.17) is 4.74 Å². The van der Waals surface area contributed by atoms with Crippen molar-refractivity contribution in [2.45, 2.75) is 66.9 Å². The predicted octanol–water partition coefficient (Wildman–Crippen LogP) is 2.50. The summed E-state index contributed by atoms with van der Waals surface area (Å²) in [5.74, 6) is 0.508. The smallest absolute Gasteiger partial charge is 0.410 e. The number of nitrogens with zero attached hydrogens (tertiary/aromatic N) is 6. The van der Waals surface area contributed by atoms with Crippen molar-refractivity contribution in [3.63, 3.8) is 0 Å². The van der Waals surface area contributed by atoms with E-state index in [9.17, 15) is 9.59 Å². The fourth-order valence-corrected chi connectivity index (χ4v) is 4.16. The summed E-state index contributed by atoms with van der Waals surface area (Å²) in [5.41, 5.74) is 3.88. The van der Waals surface area contributed by atoms with Crippen LogP contribution in [0.1, 0.15) is 55.5 Å². The molecule has 10 heteroatoms. The molecule has 10 nitrogen and oxygen atoms in total. The third-order valence-corrected chi connectivity index (χ3v) is 5.94. The van der Waals surface area contributed by atoms with Gasteiger partial charge in [-0.15, -0.1) is 0 Å². The molecule has 0 radical (unpaired) electrons. The Morgan fingerprint density at radius 3 is 2.26 bits per heavy atom. The molecule has 0 unspecified atom stereocenters. The Kier molecular flexibility index (Phi) is 8.47. The number of rotatable bonds is 7. The van der Waals surface area contributed by atoms with E-state index in [1.807, 2.05) is 54.5 Å². The Balaban J connectivity index is 1.42. The number of aromatic nitrogens is 4. The van der Waals surface area contributed by atoms with Crippen molar-refractivity contribution in [2.75, 3.05) is 39.3 Å². The SMILES string of the molecule is Cc1cc(C)nc(-n2nc(C)c(CC(=O)NCCCN3CCN(C(=O)OC(C)(C)C)CC3)c2C)n1. The number of hydrogen-bond donors (Lipinski definition) is 1. The molecule has 1 saturated heterocycles. The first kappa shape index (κ1) is 26.6. The van der Waals surface area contributed by atoms with Crippen LogP contribution >= 0.6 is 0 Å². The fourth-order valence-electron chi connectivity index (χ4n) is 4.16. The van der Waals surface area contributed by atoms with Crippen molar-refractivity contribution in [3.05, 3.63) is 34.4 Å². The van der Waals surface area contributed by atoms with Gasteiger partial charge in [0.25, 0.3) is 5.95 Å². The van der Waals surface area contributed by atoms with Crippen LogP contribution in [0, 0.1) is 27.7 Å². The molecule has 0 bridgehead atoms. The van der Waals surface area contributed by atoms with Crippen LogP contribution in [0.15, 0.2) is 6.07 Å². The van der Waals surface area contributed by atoms with Gasteiger partial charge in [-0.3, -0.25) is 9.69 Å². The molecule has 2 aromatic heterocycles. The first-order chi connectivity index (χ1) is 16.4. The minimum atomic E-state index is -0.477. The number of carbonyl (C=O) groups excluding carboxylic acids is 2. The van der Waals surface area contributed by atoms with Crippen molar-refractivity contribution >= 4 is 12.0 Å². The minimum Gasteiger partial charge on any atom is -0.444 e. The van der Waals surface area contributed by atoms with Gasteiger partial charge in [-0.05, 0) is 67.5 Å². The van der Waals surface area contributed by atoms with E-state index in [2.05, 4.69) is 25.3 Å². The van der Waals surface area contributed by atoms with Gasteiger partial charge < -0.3 is 15.0 Å². The van der Waals surface area contributed by atoms with Crippen molar-refractivity contribution in [3.8, 4) is 5.95 Å². The largest absolute Gasteiger partial charge is 0.444 e. The van der Waals surface area contributed by atoms with Crippen molar-refractivity contribution in [1.82, 2.24) is 34.9 Å². The summed E-state index contributed by atoms with van der Waals surface area (Å²) in [6, 6.07) is 1.92. The standard InChI is InChI=1S/C25H39N7O3/c1-17-15-18(2)28-23(27-17)32-20(4)21(19(3)29-32)16-22(33)26-9-8-10-30-11-13-31(14-12-30)24(34)35-25(5,6)7/h15H,8-14,16H2,1-7H3,(H,26,33). The van der Waals surface area contributed by atoms with Gasteiger partial charge in [-0.2, -0.15) is 5.10 Å². The van der Waals surface area contributed by atoms with Gasteiger partial charge in [-0.1, -0.05) is 0 Å². The summed E-state index contributed by atoms with van der Waals surface area (Å²) in [6.45, 7) is 17.8. The van der Waals surface area contributed by atoms with Crippen LogP contribution in [0.25, 0.3) is 5.95 Å². The maximum absolute atomic E-state index is 12.6. The fraction of sp³-hybridized carbons (Fsp3) is 0.640. The molecule has 192 valence electrons. The van der Waals surface area contributed by atoms with Crippen molar-refractivity contribution in [1.29, 1.82) is 0 Å². The zero-order valence-electron chi connectivity index (χ0n) is 22.1. The molecule has 3 heterocycles. The Morgan fingerprint density at radius 2 is 1.66 bits per heavy atom. The second kappa shape index (κ2) is 11.2. The number of aryl methyl sites for hydroxylation is 3. The highest BCUT2D eigenvalue weighted by atomic mass is 16.6. The third kappa shape index (κ3) is 7.48. The van der Waals surface area contributed by atoms with E-state index in [0.717, 1.165) is 54.4 Å². The lowest BCUT2D eigenvalue weighted by Gasteiger charge is -2.35. The van der Waals surface area contributed by atoms with Gasteiger partial charge in [0.15, 0.2) is 0 Å². The van der Waals surface area contributed by atoms with Crippen LogP contribution in [0.3, 0.4) is 0 Å². The van der Waals surface area contributed by atoms with Crippen LogP contribution < -0.4 is 5.32 Å². The lowest BCUT2D eigenvalue weighted by atomic mass is 10.1. The van der Waals surface area contributed by atoms with Gasteiger partial charge in [0, 0.05) is 55.4 Å². The highest BCUT2D eigenvalue weighted by Gasteiger charge is 2.25. The van der Waals surface area contributed by atoms with Crippen LogP contribution in [-0.4, -0.2) is 86.4 Å². The molecule has 0 aromatic carbocycles. The van der Waals surface area contributed by atoms with E-state index in [1.165, 1.54) is 0 Å². The molecule has 0 atom stereocenters. The highest BCUT2D eigenvalue weighted by Crippen LogP contribution is 2.17. The number of amides is 2. The first-order valence-corrected chi connectivity index (χ1v) is 12.3. The average molecular weight is 486 g/mol. The molecule has 35 heavy (non-hydrogen) atoms. The normalized spacial score (nSPS) is 14.8. The molecule has 0 saturated carbocycles. The Hall–Kier alpha value is -3.01. The first-order valence-electron chi connectivity index (χ1n) is 12.3. The molecular formula is C25H39N7O3. The lowest BCUT2D eigenvalue weighted by Crippen LogP contribution is -2.50. The lowest BCUT2D eigenvalue weighted by molar-refractivity contribution is -0.120. The molecule has 2 aromatic rings. The van der Waals surface area contributed by atoms with Crippen molar-refractivity contribution in [2.24, 2.45) is 0 Å². The van der Waals surface area contributed by atoms with E-state index >= 15 is 0 Å². The number of hydrogen-bond acceptors (Lipinski definition) is 7. The molecule has 1 aliphatic heterocycles. The molecule has 0 aliphatic carbocycles. The van der Waals surface area contributed by atoms with Crippen LogP contribution in [-0.2, 0) is 16.0 Å². The number of piperazine rings is 1. The summed E-state index contributed by atoms with van der Waals surface area (Å²) < 4.78 is 7.17. The van der Waals surface area contributed by atoms with Crippen LogP contribution in [0.2, 0.25) is 0 Å². The topological polar surface area (TPSA) is 105 Å². The average Bonchev–Trinajstić information content (AvgIpc) is 3.03. The third-order valence-electron chi connectivity index (χ3n) is 5.94. The molecule has 1 aliphatic rings.